The Morgan fingerprint density at radius 3 is 2.39 bits per heavy atom. The van der Waals surface area contributed by atoms with Gasteiger partial charge in [0.25, 0.3) is 11.7 Å². The third-order valence-corrected chi connectivity index (χ3v) is 3.61. The average molecular weight is 323 g/mol. The Bertz CT molecular complexity index is 690. The van der Waals surface area contributed by atoms with E-state index in [-0.39, 0.29) is 12.0 Å². The molecule has 1 N–H and O–H groups in total. The maximum absolute atomic E-state index is 13.1. The fourth-order valence-electron chi connectivity index (χ4n) is 2.35. The molecule has 0 amide bonds. The number of benzene rings is 1. The summed E-state index contributed by atoms with van der Waals surface area (Å²) in [4.78, 5) is 23.6. The molecule has 3 rings (SSSR count). The van der Waals surface area contributed by atoms with Gasteiger partial charge >= 0.3 is 11.9 Å². The predicted molar refractivity (Wildman–Crippen MR) is 76.7 cm³/mol. The molecule has 0 spiro atoms. The predicted octanol–water partition coefficient (Wildman–Crippen LogP) is 2.94. The topological polar surface area (TPSA) is 64.6 Å². The summed E-state index contributed by atoms with van der Waals surface area (Å²) in [6.45, 7) is 2.90. The van der Waals surface area contributed by atoms with Gasteiger partial charge in [-0.25, -0.2) is 18.4 Å². The van der Waals surface area contributed by atoms with Crippen molar-refractivity contribution in [2.45, 2.75) is 37.9 Å². The first kappa shape index (κ1) is 15.5. The molecule has 2 fully saturated rings. The number of ether oxygens (including phenoxy) is 2. The number of esters is 2. The number of carbonyl (C=O) groups is 2. The molecule has 1 aliphatic carbocycles. The summed E-state index contributed by atoms with van der Waals surface area (Å²) in [5.41, 5.74) is 0.711. The molecular formula is C16H15F2NO4. The number of cyclic esters (lactones) is 2. The van der Waals surface area contributed by atoms with Crippen molar-refractivity contribution in [1.29, 1.82) is 0 Å². The lowest BCUT2D eigenvalue weighted by Crippen LogP contribution is -2.42. The number of nitrogens with one attached hydrogen (secondary N) is 1. The summed E-state index contributed by atoms with van der Waals surface area (Å²) in [5.74, 6) is -6.34. The smallest absolute Gasteiger partial charge is 0.350 e. The Balaban J connectivity index is 1.74. The summed E-state index contributed by atoms with van der Waals surface area (Å²) >= 11 is 0. The number of alkyl halides is 2. The van der Waals surface area contributed by atoms with Crippen molar-refractivity contribution in [3.63, 3.8) is 0 Å². The summed E-state index contributed by atoms with van der Waals surface area (Å²) < 4.78 is 36.1. The third kappa shape index (κ3) is 3.18. The van der Waals surface area contributed by atoms with Gasteiger partial charge in [0.1, 0.15) is 0 Å². The van der Waals surface area contributed by atoms with Gasteiger partial charge in [-0.05, 0) is 17.7 Å². The van der Waals surface area contributed by atoms with E-state index in [1.54, 1.807) is 24.3 Å². The van der Waals surface area contributed by atoms with Crippen molar-refractivity contribution < 1.29 is 27.8 Å². The highest BCUT2D eigenvalue weighted by Gasteiger charge is 2.57. The summed E-state index contributed by atoms with van der Waals surface area (Å²) in [6, 6.07) is 6.46. The minimum Gasteiger partial charge on any atom is -0.419 e. The van der Waals surface area contributed by atoms with Crippen molar-refractivity contribution in [2.75, 3.05) is 5.32 Å². The highest BCUT2D eigenvalue weighted by atomic mass is 19.3. The van der Waals surface area contributed by atoms with Crippen LogP contribution in [0.2, 0.25) is 0 Å². The molecule has 5 nitrogen and oxygen atoms in total. The molecule has 0 aromatic heterocycles. The van der Waals surface area contributed by atoms with Crippen LogP contribution < -0.4 is 5.32 Å². The molecule has 0 radical (unpaired) electrons. The first-order chi connectivity index (χ1) is 10.7. The van der Waals surface area contributed by atoms with E-state index in [0.717, 1.165) is 6.20 Å². The van der Waals surface area contributed by atoms with Crippen LogP contribution in [0.4, 0.5) is 14.5 Å². The summed E-state index contributed by atoms with van der Waals surface area (Å²) in [7, 11) is 0. The Labute approximate surface area is 131 Å². The van der Waals surface area contributed by atoms with Crippen molar-refractivity contribution in [2.24, 2.45) is 0 Å². The number of hydrogen-bond acceptors (Lipinski definition) is 5. The van der Waals surface area contributed by atoms with Crippen molar-refractivity contribution in [3.8, 4) is 0 Å². The molecule has 1 saturated heterocycles. The van der Waals surface area contributed by atoms with E-state index in [1.165, 1.54) is 13.8 Å². The van der Waals surface area contributed by atoms with E-state index in [4.69, 9.17) is 9.47 Å². The molecule has 23 heavy (non-hydrogen) atoms. The zero-order valence-corrected chi connectivity index (χ0v) is 12.6. The van der Waals surface area contributed by atoms with Gasteiger partial charge in [0.05, 0.1) is 5.92 Å². The monoisotopic (exact) mass is 323 g/mol. The second kappa shape index (κ2) is 5.04. The molecule has 1 unspecified atom stereocenters. The van der Waals surface area contributed by atoms with E-state index >= 15 is 0 Å². The van der Waals surface area contributed by atoms with Crippen molar-refractivity contribution >= 4 is 17.6 Å². The first-order valence-corrected chi connectivity index (χ1v) is 7.09. The van der Waals surface area contributed by atoms with Crippen molar-refractivity contribution in [3.05, 3.63) is 41.6 Å². The van der Waals surface area contributed by atoms with E-state index < -0.39 is 29.6 Å². The Kier molecular flexibility index (Phi) is 3.39. The van der Waals surface area contributed by atoms with Crippen LogP contribution in [-0.4, -0.2) is 23.6 Å². The van der Waals surface area contributed by atoms with Gasteiger partial charge in [0.15, 0.2) is 5.57 Å². The van der Waals surface area contributed by atoms with Crippen molar-refractivity contribution in [1.82, 2.24) is 0 Å². The average Bonchev–Trinajstić information content (AvgIpc) is 3.06. The summed E-state index contributed by atoms with van der Waals surface area (Å²) in [5, 5.41) is 2.74. The maximum atomic E-state index is 13.1. The van der Waals surface area contributed by atoms with Crippen LogP contribution in [0.1, 0.15) is 31.7 Å². The van der Waals surface area contributed by atoms with E-state index in [1.807, 2.05) is 0 Å². The second-order valence-corrected chi connectivity index (χ2v) is 6.02. The lowest BCUT2D eigenvalue weighted by Gasteiger charge is -2.29. The summed E-state index contributed by atoms with van der Waals surface area (Å²) in [6.07, 6.45) is 0.995. The van der Waals surface area contributed by atoms with E-state index in [2.05, 4.69) is 5.32 Å². The van der Waals surface area contributed by atoms with Crippen LogP contribution in [0.5, 0.6) is 0 Å². The van der Waals surface area contributed by atoms with Crippen LogP contribution >= 0.6 is 0 Å². The van der Waals surface area contributed by atoms with Crippen LogP contribution in [0, 0.1) is 0 Å². The number of carbonyl (C=O) groups excluding carboxylic acids is 2. The van der Waals surface area contributed by atoms with Gasteiger partial charge in [0.2, 0.25) is 0 Å². The number of halogens is 2. The second-order valence-electron chi connectivity index (χ2n) is 6.02. The van der Waals surface area contributed by atoms with Gasteiger partial charge in [-0.1, -0.05) is 12.1 Å². The molecule has 1 heterocycles. The SMILES string of the molecule is CC1(C)OC(=O)C(=CNc2cccc(C3CC3(F)F)c2)C(=O)O1. The molecule has 1 atom stereocenters. The molecule has 2 aliphatic rings. The lowest BCUT2D eigenvalue weighted by molar-refractivity contribution is -0.222. The van der Waals surface area contributed by atoms with Gasteiger partial charge in [-0.3, -0.25) is 0 Å². The molecule has 1 saturated carbocycles. The highest BCUT2D eigenvalue weighted by Crippen LogP contribution is 2.55. The van der Waals surface area contributed by atoms with Crippen LogP contribution in [-0.2, 0) is 19.1 Å². The highest BCUT2D eigenvalue weighted by molar-refractivity contribution is 6.15. The number of anilines is 1. The normalized spacial score (nSPS) is 24.5. The maximum Gasteiger partial charge on any atom is 0.350 e. The first-order valence-electron chi connectivity index (χ1n) is 7.09. The molecule has 122 valence electrons. The van der Waals surface area contributed by atoms with Crippen LogP contribution in [0.25, 0.3) is 0 Å². The molecule has 1 aromatic carbocycles. The number of rotatable bonds is 3. The fourth-order valence-corrected chi connectivity index (χ4v) is 2.35. The van der Waals surface area contributed by atoms with Crippen LogP contribution in [0.3, 0.4) is 0 Å². The minimum atomic E-state index is -2.65. The quantitative estimate of drug-likeness (QED) is 0.526. The third-order valence-electron chi connectivity index (χ3n) is 3.61. The Morgan fingerprint density at radius 1 is 1.22 bits per heavy atom. The fraction of sp³-hybridized carbons (Fsp3) is 0.375. The van der Waals surface area contributed by atoms with Gasteiger partial charge < -0.3 is 14.8 Å². The Hall–Kier alpha value is -2.44. The number of hydrogen-bond donors (Lipinski definition) is 1. The standard InChI is InChI=1S/C16H15F2NO4/c1-15(2)22-13(20)11(14(21)23-15)8-19-10-5-3-4-9(6-10)12-7-16(12,17)18/h3-6,8,12,19H,7H2,1-2H3. The molecule has 1 aliphatic heterocycles. The zero-order chi connectivity index (χ0) is 16.8. The lowest BCUT2D eigenvalue weighted by atomic mass is 10.1. The van der Waals surface area contributed by atoms with E-state index in [0.29, 0.717) is 11.3 Å². The zero-order valence-electron chi connectivity index (χ0n) is 12.6. The van der Waals surface area contributed by atoms with Crippen LogP contribution in [0.15, 0.2) is 36.0 Å². The molecule has 1 aromatic rings. The Morgan fingerprint density at radius 2 is 1.83 bits per heavy atom. The van der Waals surface area contributed by atoms with E-state index in [9.17, 15) is 18.4 Å². The molecule has 7 heteroatoms. The largest absolute Gasteiger partial charge is 0.419 e. The minimum absolute atomic E-state index is 0.161. The molecular weight excluding hydrogens is 308 g/mol. The van der Waals surface area contributed by atoms with Gasteiger partial charge in [-0.15, -0.1) is 0 Å². The molecule has 0 bridgehead atoms. The van der Waals surface area contributed by atoms with Gasteiger partial charge in [-0.2, -0.15) is 0 Å². The van der Waals surface area contributed by atoms with Gasteiger partial charge in [0, 0.05) is 32.2 Å².